The normalized spacial score (nSPS) is 57.3. The van der Waals surface area contributed by atoms with Crippen LogP contribution in [0.5, 0.6) is 0 Å². The van der Waals surface area contributed by atoms with Gasteiger partial charge < -0.3 is 5.11 Å². The van der Waals surface area contributed by atoms with E-state index in [1.165, 1.54) is 57.8 Å². The van der Waals surface area contributed by atoms with Crippen LogP contribution in [0, 0.1) is 50.7 Å². The fraction of sp³-hybridized carbons (Fsp3) is 0.931. The van der Waals surface area contributed by atoms with Crippen LogP contribution in [0.1, 0.15) is 113 Å². The molecule has 1 heteroatoms. The summed E-state index contributed by atoms with van der Waals surface area (Å²) in [5, 5.41) is 10.9. The molecule has 4 unspecified atom stereocenters. The van der Waals surface area contributed by atoms with E-state index in [9.17, 15) is 5.11 Å². The molecular formula is C29H48O. The van der Waals surface area contributed by atoms with Gasteiger partial charge in [-0.1, -0.05) is 66.5 Å². The third kappa shape index (κ3) is 2.51. The second kappa shape index (κ2) is 6.39. The van der Waals surface area contributed by atoms with Crippen LogP contribution in [0.25, 0.3) is 0 Å². The minimum atomic E-state index is -0.121. The highest BCUT2D eigenvalue weighted by molar-refractivity contribution is 5.33. The van der Waals surface area contributed by atoms with Crippen molar-refractivity contribution in [3.05, 3.63) is 11.6 Å². The Morgan fingerprint density at radius 1 is 0.833 bits per heavy atom. The van der Waals surface area contributed by atoms with Crippen molar-refractivity contribution in [1.29, 1.82) is 0 Å². The van der Waals surface area contributed by atoms with E-state index in [0.717, 1.165) is 24.2 Å². The third-order valence-electron chi connectivity index (χ3n) is 12.8. The second-order valence-electron chi connectivity index (χ2n) is 14.3. The quantitative estimate of drug-likeness (QED) is 0.403. The first-order valence-corrected chi connectivity index (χ1v) is 13.3. The number of allylic oxidation sites excluding steroid dienone is 2. The van der Waals surface area contributed by atoms with Gasteiger partial charge in [0.2, 0.25) is 0 Å². The Kier molecular flexibility index (Phi) is 4.59. The highest BCUT2D eigenvalue weighted by Crippen LogP contribution is 2.75. The number of rotatable bonds is 0. The second-order valence-corrected chi connectivity index (χ2v) is 14.3. The van der Waals surface area contributed by atoms with Gasteiger partial charge in [0.05, 0.1) is 6.10 Å². The average Bonchev–Trinajstić information content (AvgIpc) is 2.67. The maximum absolute atomic E-state index is 10.9. The average molecular weight is 413 g/mol. The van der Waals surface area contributed by atoms with E-state index in [-0.39, 0.29) is 11.5 Å². The maximum Gasteiger partial charge on any atom is 0.0594 e. The van der Waals surface area contributed by atoms with Gasteiger partial charge in [-0.3, -0.25) is 0 Å². The summed E-state index contributed by atoms with van der Waals surface area (Å²) in [7, 11) is 0. The first kappa shape index (κ1) is 21.5. The Morgan fingerprint density at radius 2 is 1.57 bits per heavy atom. The predicted octanol–water partition coefficient (Wildman–Crippen LogP) is 7.78. The minimum Gasteiger partial charge on any atom is -0.393 e. The molecule has 0 aliphatic heterocycles. The predicted molar refractivity (Wildman–Crippen MR) is 126 cm³/mol. The first-order valence-electron chi connectivity index (χ1n) is 13.3. The molecule has 4 saturated carbocycles. The zero-order chi connectivity index (χ0) is 21.7. The van der Waals surface area contributed by atoms with Crippen molar-refractivity contribution in [3.8, 4) is 0 Å². The van der Waals surface area contributed by atoms with E-state index in [0.29, 0.717) is 27.6 Å². The molecule has 1 nitrogen and oxygen atoms in total. The van der Waals surface area contributed by atoms with Crippen molar-refractivity contribution in [1.82, 2.24) is 0 Å². The molecule has 0 aromatic rings. The lowest BCUT2D eigenvalue weighted by Crippen LogP contribution is -2.64. The molecule has 0 aromatic heterocycles. The van der Waals surface area contributed by atoms with E-state index in [4.69, 9.17) is 0 Å². The molecule has 5 aliphatic rings. The van der Waals surface area contributed by atoms with Gasteiger partial charge in [0, 0.05) is 0 Å². The highest BCUT2D eigenvalue weighted by atomic mass is 16.3. The van der Waals surface area contributed by atoms with E-state index in [1.807, 2.05) is 5.57 Å². The molecule has 0 aromatic carbocycles. The van der Waals surface area contributed by atoms with Gasteiger partial charge in [-0.05, 0) is 109 Å². The summed E-state index contributed by atoms with van der Waals surface area (Å²) >= 11 is 0. The molecule has 0 saturated heterocycles. The van der Waals surface area contributed by atoms with Crippen molar-refractivity contribution < 1.29 is 5.11 Å². The van der Waals surface area contributed by atoms with Crippen molar-refractivity contribution in [2.75, 3.05) is 0 Å². The van der Waals surface area contributed by atoms with Gasteiger partial charge in [0.15, 0.2) is 0 Å². The Bertz CT molecular complexity index is 749. The summed E-state index contributed by atoms with van der Waals surface area (Å²) in [6.07, 6.45) is 16.0. The van der Waals surface area contributed by atoms with E-state index in [2.05, 4.69) is 54.5 Å². The number of aliphatic hydroxyl groups excluding tert-OH is 1. The van der Waals surface area contributed by atoms with E-state index < -0.39 is 0 Å². The lowest BCUT2D eigenvalue weighted by Gasteiger charge is -2.71. The monoisotopic (exact) mass is 412 g/mol. The van der Waals surface area contributed by atoms with Crippen LogP contribution in [0.4, 0.5) is 0 Å². The number of hydrogen-bond donors (Lipinski definition) is 1. The Balaban J connectivity index is 1.57. The van der Waals surface area contributed by atoms with Crippen LogP contribution >= 0.6 is 0 Å². The molecule has 1 N–H and O–H groups in total. The fourth-order valence-electron chi connectivity index (χ4n) is 10.4. The van der Waals surface area contributed by atoms with Crippen LogP contribution in [-0.2, 0) is 0 Å². The Morgan fingerprint density at radius 3 is 2.30 bits per heavy atom. The Labute approximate surface area is 186 Å². The first-order chi connectivity index (χ1) is 13.9. The fourth-order valence-corrected chi connectivity index (χ4v) is 10.4. The van der Waals surface area contributed by atoms with Gasteiger partial charge in [-0.25, -0.2) is 0 Å². The van der Waals surface area contributed by atoms with Crippen molar-refractivity contribution in [2.45, 2.75) is 119 Å². The summed E-state index contributed by atoms with van der Waals surface area (Å²) in [4.78, 5) is 0. The van der Waals surface area contributed by atoms with Crippen LogP contribution in [-0.4, -0.2) is 11.2 Å². The summed E-state index contributed by atoms with van der Waals surface area (Å²) in [6.45, 7) is 17.9. The topological polar surface area (TPSA) is 20.2 Å². The summed E-state index contributed by atoms with van der Waals surface area (Å²) < 4.78 is 0. The minimum absolute atomic E-state index is 0.0587. The van der Waals surface area contributed by atoms with Gasteiger partial charge in [0.1, 0.15) is 0 Å². The van der Waals surface area contributed by atoms with E-state index >= 15 is 0 Å². The zero-order valence-electron chi connectivity index (χ0n) is 21.0. The molecule has 0 heterocycles. The molecule has 30 heavy (non-hydrogen) atoms. The van der Waals surface area contributed by atoms with Crippen molar-refractivity contribution >= 4 is 0 Å². The zero-order valence-corrected chi connectivity index (χ0v) is 21.0. The molecule has 0 spiro atoms. The molecule has 0 bridgehead atoms. The van der Waals surface area contributed by atoms with Crippen LogP contribution in [0.2, 0.25) is 0 Å². The number of hydrogen-bond acceptors (Lipinski definition) is 1. The van der Waals surface area contributed by atoms with Crippen LogP contribution in [0.3, 0.4) is 0 Å². The highest BCUT2D eigenvalue weighted by Gasteiger charge is 2.67. The van der Waals surface area contributed by atoms with Gasteiger partial charge in [-0.15, -0.1) is 0 Å². The van der Waals surface area contributed by atoms with Crippen molar-refractivity contribution in [3.63, 3.8) is 0 Å². The lowest BCUT2D eigenvalue weighted by molar-refractivity contribution is -0.202. The van der Waals surface area contributed by atoms with Gasteiger partial charge in [0.25, 0.3) is 0 Å². The largest absolute Gasteiger partial charge is 0.393 e. The molecule has 4 fully saturated rings. The lowest BCUT2D eigenvalue weighted by atomic mass is 9.34. The summed E-state index contributed by atoms with van der Waals surface area (Å²) in [5.41, 5.74) is 3.68. The molecular weight excluding hydrogens is 364 g/mol. The van der Waals surface area contributed by atoms with Crippen molar-refractivity contribution in [2.24, 2.45) is 50.7 Å². The number of aliphatic hydroxyl groups is 1. The summed E-state index contributed by atoms with van der Waals surface area (Å²) in [6, 6.07) is 0. The molecule has 170 valence electrons. The molecule has 5 aliphatic carbocycles. The van der Waals surface area contributed by atoms with Gasteiger partial charge >= 0.3 is 0 Å². The standard InChI is InChI=1S/C29H48O/c1-19-10-13-26(4)16-17-28(6)20(21(26)18-19)8-9-23-27(5)14-12-24(30)25(2,3)22(27)11-15-29(23,28)7/h8,19,21-24,30H,9-18H2,1-7H3/t19?,21?,22?,23?,24-,26+,27-,28+,29+/m0/s1. The molecule has 0 radical (unpaired) electrons. The smallest absolute Gasteiger partial charge is 0.0594 e. The van der Waals surface area contributed by atoms with Crippen LogP contribution < -0.4 is 0 Å². The SMILES string of the molecule is CC1CC[C@]2(C)CC[C@]3(C)C(=CCC4[C@@]5(C)CC[C@H](O)C(C)(C)C5CC[C@]43C)C2C1. The van der Waals surface area contributed by atoms with E-state index in [1.54, 1.807) is 0 Å². The third-order valence-corrected chi connectivity index (χ3v) is 12.8. The maximum atomic E-state index is 10.9. The van der Waals surface area contributed by atoms with Gasteiger partial charge in [-0.2, -0.15) is 0 Å². The Hall–Kier alpha value is -0.300. The molecule has 0 amide bonds. The molecule has 9 atom stereocenters. The summed E-state index contributed by atoms with van der Waals surface area (Å²) in [5.74, 6) is 3.15. The van der Waals surface area contributed by atoms with Crippen LogP contribution in [0.15, 0.2) is 11.6 Å². The number of fused-ring (bicyclic) bond motifs is 7. The molecule has 5 rings (SSSR count).